The highest BCUT2D eigenvalue weighted by molar-refractivity contribution is 6.11. The van der Waals surface area contributed by atoms with E-state index in [1.165, 1.54) is 12.8 Å². The van der Waals surface area contributed by atoms with E-state index in [4.69, 9.17) is 4.98 Å². The minimum absolute atomic E-state index is 0.0502. The summed E-state index contributed by atoms with van der Waals surface area (Å²) in [5.41, 5.74) is 3.96. The van der Waals surface area contributed by atoms with Crippen molar-refractivity contribution in [2.75, 3.05) is 4.90 Å². The number of amides is 1. The Morgan fingerprint density at radius 3 is 2.68 bits per heavy atom. The Kier molecular flexibility index (Phi) is 4.49. The minimum atomic E-state index is -0.570. The Morgan fingerprint density at radius 1 is 1.09 bits per heavy atom. The molecule has 1 aliphatic carbocycles. The summed E-state index contributed by atoms with van der Waals surface area (Å²) < 4.78 is 4.03. The molecule has 3 aromatic heterocycles. The van der Waals surface area contributed by atoms with Gasteiger partial charge in [0.05, 0.1) is 17.6 Å². The van der Waals surface area contributed by atoms with Crippen molar-refractivity contribution >= 4 is 11.7 Å². The standard InChI is InChI=1S/C26H27N7O/c1-16(2)32-15-28-30-24(32)21-6-5-7-23(29-21)33-25(34)19-11-10-18(12-20(19)26(33,3)4)31-13-22(27-14-31)17-8-9-17/h5-7,10-17H,8-9H2,1-4H3. The van der Waals surface area contributed by atoms with Crippen LogP contribution in [-0.4, -0.2) is 35.2 Å². The SMILES string of the molecule is CC(C)n1cnnc1-c1cccc(N2C(=O)c3ccc(-n4cnc(C5CC5)c4)cc3C2(C)C)n1. The summed E-state index contributed by atoms with van der Waals surface area (Å²) in [6.07, 6.45) is 8.12. The van der Waals surface area contributed by atoms with E-state index in [0.29, 0.717) is 28.8 Å². The number of imidazole rings is 1. The van der Waals surface area contributed by atoms with Crippen LogP contribution in [0.2, 0.25) is 0 Å². The van der Waals surface area contributed by atoms with Crippen LogP contribution >= 0.6 is 0 Å². The molecule has 8 heteroatoms. The van der Waals surface area contributed by atoms with Gasteiger partial charge in [0, 0.05) is 29.4 Å². The summed E-state index contributed by atoms with van der Waals surface area (Å²) in [5, 5.41) is 8.34. The molecule has 1 fully saturated rings. The maximum atomic E-state index is 13.6. The molecule has 6 rings (SSSR count). The number of carbonyl (C=O) groups excluding carboxylic acids is 1. The van der Waals surface area contributed by atoms with Gasteiger partial charge < -0.3 is 9.13 Å². The zero-order valence-corrected chi connectivity index (χ0v) is 19.8. The number of benzene rings is 1. The van der Waals surface area contributed by atoms with Gasteiger partial charge in [-0.15, -0.1) is 10.2 Å². The molecule has 2 aliphatic rings. The average molecular weight is 454 g/mol. The number of hydrogen-bond acceptors (Lipinski definition) is 5. The van der Waals surface area contributed by atoms with Gasteiger partial charge >= 0.3 is 0 Å². The second-order valence-electron chi connectivity index (χ2n) is 9.95. The first-order valence-corrected chi connectivity index (χ1v) is 11.7. The van der Waals surface area contributed by atoms with Crippen LogP contribution in [0.15, 0.2) is 55.2 Å². The minimum Gasteiger partial charge on any atom is -0.310 e. The number of carbonyl (C=O) groups is 1. The van der Waals surface area contributed by atoms with Crippen molar-refractivity contribution < 1.29 is 4.79 Å². The Hall–Kier alpha value is -3.81. The molecule has 0 N–H and O–H groups in total. The summed E-state index contributed by atoms with van der Waals surface area (Å²) in [7, 11) is 0. The molecule has 8 nitrogen and oxygen atoms in total. The van der Waals surface area contributed by atoms with Gasteiger partial charge in [0.25, 0.3) is 5.91 Å². The molecule has 4 aromatic rings. The number of rotatable bonds is 5. The van der Waals surface area contributed by atoms with Gasteiger partial charge in [-0.3, -0.25) is 9.69 Å². The second kappa shape index (κ2) is 7.35. The molecular weight excluding hydrogens is 426 g/mol. The summed E-state index contributed by atoms with van der Waals surface area (Å²) in [6, 6.07) is 11.9. The van der Waals surface area contributed by atoms with Crippen LogP contribution in [-0.2, 0) is 5.54 Å². The molecule has 0 radical (unpaired) electrons. The molecular formula is C26H27N7O. The van der Waals surface area contributed by atoms with Gasteiger partial charge in [0.15, 0.2) is 5.82 Å². The van der Waals surface area contributed by atoms with E-state index in [0.717, 1.165) is 16.9 Å². The van der Waals surface area contributed by atoms with Gasteiger partial charge in [0.1, 0.15) is 17.8 Å². The first-order valence-electron chi connectivity index (χ1n) is 11.7. The van der Waals surface area contributed by atoms with E-state index >= 15 is 0 Å². The van der Waals surface area contributed by atoms with Crippen molar-refractivity contribution in [1.29, 1.82) is 0 Å². The van der Waals surface area contributed by atoms with E-state index in [9.17, 15) is 4.79 Å². The van der Waals surface area contributed by atoms with Crippen LogP contribution in [0.1, 0.15) is 74.1 Å². The van der Waals surface area contributed by atoms with Crippen molar-refractivity contribution in [2.45, 2.75) is 58.0 Å². The summed E-state index contributed by atoms with van der Waals surface area (Å²) in [6.45, 7) is 8.28. The van der Waals surface area contributed by atoms with Crippen LogP contribution in [0.3, 0.4) is 0 Å². The van der Waals surface area contributed by atoms with Crippen LogP contribution in [0.5, 0.6) is 0 Å². The fourth-order valence-corrected chi connectivity index (χ4v) is 4.82. The van der Waals surface area contributed by atoms with Gasteiger partial charge in [-0.25, -0.2) is 9.97 Å². The topological polar surface area (TPSA) is 81.7 Å². The lowest BCUT2D eigenvalue weighted by Crippen LogP contribution is -2.39. The van der Waals surface area contributed by atoms with Crippen molar-refractivity contribution in [1.82, 2.24) is 29.3 Å². The monoisotopic (exact) mass is 453 g/mol. The Labute approximate surface area is 198 Å². The fraction of sp³-hybridized carbons (Fsp3) is 0.346. The number of anilines is 1. The molecule has 0 saturated heterocycles. The number of nitrogens with zero attached hydrogens (tertiary/aromatic N) is 7. The fourth-order valence-electron chi connectivity index (χ4n) is 4.82. The molecule has 0 atom stereocenters. The van der Waals surface area contributed by atoms with Gasteiger partial charge in [-0.05, 0) is 76.4 Å². The highest BCUT2D eigenvalue weighted by Gasteiger charge is 2.44. The number of pyridine rings is 1. The third-order valence-corrected chi connectivity index (χ3v) is 6.87. The molecule has 34 heavy (non-hydrogen) atoms. The Balaban J connectivity index is 1.38. The predicted octanol–water partition coefficient (Wildman–Crippen LogP) is 4.88. The molecule has 0 unspecified atom stereocenters. The number of hydrogen-bond donors (Lipinski definition) is 0. The molecule has 4 heterocycles. The molecule has 1 aliphatic heterocycles. The molecule has 1 aromatic carbocycles. The highest BCUT2D eigenvalue weighted by Crippen LogP contribution is 2.43. The maximum Gasteiger partial charge on any atom is 0.260 e. The number of aromatic nitrogens is 6. The Bertz CT molecular complexity index is 1410. The first kappa shape index (κ1) is 20.8. The van der Waals surface area contributed by atoms with Crippen molar-refractivity contribution in [3.8, 4) is 17.2 Å². The average Bonchev–Trinajstić information content (AvgIpc) is 3.27. The lowest BCUT2D eigenvalue weighted by molar-refractivity contribution is 0.0981. The van der Waals surface area contributed by atoms with Crippen LogP contribution in [0, 0.1) is 0 Å². The van der Waals surface area contributed by atoms with E-state index in [1.54, 1.807) is 11.2 Å². The van der Waals surface area contributed by atoms with Crippen LogP contribution in [0.25, 0.3) is 17.2 Å². The third-order valence-electron chi connectivity index (χ3n) is 6.87. The van der Waals surface area contributed by atoms with E-state index in [1.807, 2.05) is 41.2 Å². The van der Waals surface area contributed by atoms with E-state index in [2.05, 4.69) is 59.7 Å². The van der Waals surface area contributed by atoms with E-state index in [-0.39, 0.29) is 11.9 Å². The number of fused-ring (bicyclic) bond motifs is 1. The summed E-state index contributed by atoms with van der Waals surface area (Å²) in [4.78, 5) is 24.8. The summed E-state index contributed by atoms with van der Waals surface area (Å²) in [5.74, 6) is 1.84. The molecule has 0 spiro atoms. The van der Waals surface area contributed by atoms with Crippen molar-refractivity contribution in [2.24, 2.45) is 0 Å². The van der Waals surface area contributed by atoms with Crippen LogP contribution in [0.4, 0.5) is 5.82 Å². The maximum absolute atomic E-state index is 13.6. The smallest absolute Gasteiger partial charge is 0.260 e. The molecule has 1 amide bonds. The summed E-state index contributed by atoms with van der Waals surface area (Å²) >= 11 is 0. The van der Waals surface area contributed by atoms with Gasteiger partial charge in [0.2, 0.25) is 0 Å². The van der Waals surface area contributed by atoms with Crippen molar-refractivity contribution in [3.63, 3.8) is 0 Å². The largest absolute Gasteiger partial charge is 0.310 e. The lowest BCUT2D eigenvalue weighted by Gasteiger charge is -2.32. The van der Waals surface area contributed by atoms with E-state index < -0.39 is 5.54 Å². The Morgan fingerprint density at radius 2 is 1.91 bits per heavy atom. The van der Waals surface area contributed by atoms with Gasteiger partial charge in [-0.2, -0.15) is 0 Å². The lowest BCUT2D eigenvalue weighted by atomic mass is 9.93. The first-order chi connectivity index (χ1) is 16.3. The van der Waals surface area contributed by atoms with Gasteiger partial charge in [-0.1, -0.05) is 6.07 Å². The predicted molar refractivity (Wildman–Crippen MR) is 129 cm³/mol. The van der Waals surface area contributed by atoms with Crippen LogP contribution < -0.4 is 4.90 Å². The molecule has 0 bridgehead atoms. The highest BCUT2D eigenvalue weighted by atomic mass is 16.2. The zero-order valence-electron chi connectivity index (χ0n) is 19.8. The van der Waals surface area contributed by atoms with Crippen molar-refractivity contribution in [3.05, 3.63) is 72.1 Å². The molecule has 1 saturated carbocycles. The third kappa shape index (κ3) is 3.16. The quantitative estimate of drug-likeness (QED) is 0.430. The molecule has 172 valence electrons. The second-order valence-corrected chi connectivity index (χ2v) is 9.95. The zero-order chi connectivity index (χ0) is 23.6. The normalized spacial score (nSPS) is 17.0.